The van der Waals surface area contributed by atoms with Crippen molar-refractivity contribution in [3.8, 4) is 5.69 Å². The van der Waals surface area contributed by atoms with E-state index in [9.17, 15) is 0 Å². The van der Waals surface area contributed by atoms with E-state index >= 15 is 0 Å². The van der Waals surface area contributed by atoms with Crippen LogP contribution in [-0.2, 0) is 6.42 Å². The summed E-state index contributed by atoms with van der Waals surface area (Å²) in [5, 5.41) is 2.45. The fourth-order valence-corrected chi connectivity index (χ4v) is 2.97. The van der Waals surface area contributed by atoms with E-state index in [2.05, 4.69) is 71.1 Å². The highest BCUT2D eigenvalue weighted by molar-refractivity contribution is 6.08. The van der Waals surface area contributed by atoms with Gasteiger partial charge in [-0.3, -0.25) is 4.98 Å². The van der Waals surface area contributed by atoms with Crippen molar-refractivity contribution < 1.29 is 0 Å². The highest BCUT2D eigenvalue weighted by atomic mass is 15.0. The zero-order valence-corrected chi connectivity index (χ0v) is 12.0. The molecule has 0 saturated heterocycles. The maximum Gasteiger partial charge on any atom is 0.0571 e. The minimum atomic E-state index is 1.07. The fraction of sp³-hybridized carbons (Fsp3) is 0.105. The first kappa shape index (κ1) is 12.2. The molecule has 0 bridgehead atoms. The van der Waals surface area contributed by atoms with Crippen LogP contribution in [0.4, 0.5) is 0 Å². The van der Waals surface area contributed by atoms with Gasteiger partial charge in [0.1, 0.15) is 0 Å². The van der Waals surface area contributed by atoms with Crippen LogP contribution in [0.25, 0.3) is 27.5 Å². The largest absolute Gasteiger partial charge is 0.309 e. The molecule has 0 amide bonds. The summed E-state index contributed by atoms with van der Waals surface area (Å²) >= 11 is 0. The molecule has 0 saturated carbocycles. The Morgan fingerprint density at radius 3 is 2.43 bits per heavy atom. The Hall–Kier alpha value is -2.61. The Balaban J connectivity index is 2.09. The van der Waals surface area contributed by atoms with Crippen molar-refractivity contribution in [2.75, 3.05) is 0 Å². The molecule has 2 heteroatoms. The molecule has 4 aromatic rings. The average Bonchev–Trinajstić information content (AvgIpc) is 2.90. The number of hydrogen-bond acceptors (Lipinski definition) is 1. The van der Waals surface area contributed by atoms with Gasteiger partial charge in [-0.15, -0.1) is 0 Å². The van der Waals surface area contributed by atoms with E-state index in [0.29, 0.717) is 0 Å². The van der Waals surface area contributed by atoms with Crippen LogP contribution in [0.2, 0.25) is 0 Å². The maximum absolute atomic E-state index is 4.28. The van der Waals surface area contributed by atoms with Gasteiger partial charge in [-0.1, -0.05) is 37.3 Å². The van der Waals surface area contributed by atoms with Crippen LogP contribution >= 0.6 is 0 Å². The van der Waals surface area contributed by atoms with Gasteiger partial charge in [0.2, 0.25) is 0 Å². The van der Waals surface area contributed by atoms with Gasteiger partial charge in [0.15, 0.2) is 0 Å². The van der Waals surface area contributed by atoms with Crippen LogP contribution in [-0.4, -0.2) is 9.55 Å². The summed E-state index contributed by atoms with van der Waals surface area (Å²) in [5.74, 6) is 0. The number of benzene rings is 2. The van der Waals surface area contributed by atoms with Gasteiger partial charge in [0.25, 0.3) is 0 Å². The SMILES string of the molecule is CCc1ccc(-n2c3ccccc3c3cnccc32)cc1. The number of rotatable bonds is 2. The normalized spacial score (nSPS) is 11.3. The predicted molar refractivity (Wildman–Crippen MR) is 88.0 cm³/mol. The molecule has 102 valence electrons. The summed E-state index contributed by atoms with van der Waals surface area (Å²) in [6.07, 6.45) is 4.88. The van der Waals surface area contributed by atoms with E-state index < -0.39 is 0 Å². The average molecular weight is 272 g/mol. The zero-order chi connectivity index (χ0) is 14.2. The second-order valence-electron chi connectivity index (χ2n) is 5.27. The van der Waals surface area contributed by atoms with Crippen molar-refractivity contribution in [1.82, 2.24) is 9.55 Å². The highest BCUT2D eigenvalue weighted by Gasteiger charge is 2.11. The van der Waals surface area contributed by atoms with Crippen LogP contribution in [0.5, 0.6) is 0 Å². The molecule has 2 nitrogen and oxygen atoms in total. The van der Waals surface area contributed by atoms with Gasteiger partial charge in [-0.05, 0) is 36.2 Å². The molecule has 2 aromatic heterocycles. The van der Waals surface area contributed by atoms with Crippen molar-refractivity contribution in [1.29, 1.82) is 0 Å². The third-order valence-corrected chi connectivity index (χ3v) is 4.08. The molecule has 0 aliphatic heterocycles. The summed E-state index contributed by atoms with van der Waals surface area (Å²) in [6.45, 7) is 2.18. The van der Waals surface area contributed by atoms with Crippen molar-refractivity contribution >= 4 is 21.8 Å². The monoisotopic (exact) mass is 272 g/mol. The minimum Gasteiger partial charge on any atom is -0.309 e. The van der Waals surface area contributed by atoms with E-state index in [1.807, 2.05) is 12.4 Å². The van der Waals surface area contributed by atoms with Gasteiger partial charge in [-0.2, -0.15) is 0 Å². The van der Waals surface area contributed by atoms with Crippen LogP contribution in [0.1, 0.15) is 12.5 Å². The van der Waals surface area contributed by atoms with Crippen molar-refractivity contribution in [3.05, 3.63) is 72.6 Å². The molecule has 0 radical (unpaired) electrons. The molecule has 2 heterocycles. The summed E-state index contributed by atoms with van der Waals surface area (Å²) in [6, 6.07) is 19.4. The standard InChI is InChI=1S/C19H16N2/c1-2-14-7-9-15(10-8-14)21-18-6-4-3-5-16(18)17-13-20-12-11-19(17)21/h3-13H,2H2,1H3. The Labute approximate surface area is 123 Å². The molecule has 0 spiro atoms. The minimum absolute atomic E-state index is 1.07. The van der Waals surface area contributed by atoms with E-state index in [0.717, 1.165) is 6.42 Å². The lowest BCUT2D eigenvalue weighted by Gasteiger charge is -2.08. The van der Waals surface area contributed by atoms with Crippen molar-refractivity contribution in [2.45, 2.75) is 13.3 Å². The van der Waals surface area contributed by atoms with Crippen LogP contribution in [0, 0.1) is 0 Å². The third-order valence-electron chi connectivity index (χ3n) is 4.08. The summed E-state index contributed by atoms with van der Waals surface area (Å²) < 4.78 is 2.31. The highest BCUT2D eigenvalue weighted by Crippen LogP contribution is 2.31. The van der Waals surface area contributed by atoms with Crippen molar-refractivity contribution in [2.24, 2.45) is 0 Å². The lowest BCUT2D eigenvalue weighted by Crippen LogP contribution is -1.94. The van der Waals surface area contributed by atoms with Gasteiger partial charge in [0, 0.05) is 28.9 Å². The summed E-state index contributed by atoms with van der Waals surface area (Å²) in [5.41, 5.74) is 4.99. The second kappa shape index (κ2) is 4.74. The zero-order valence-electron chi connectivity index (χ0n) is 12.0. The molecule has 0 fully saturated rings. The molecule has 21 heavy (non-hydrogen) atoms. The molecule has 0 unspecified atom stereocenters. The molecular formula is C19H16N2. The Morgan fingerprint density at radius 1 is 0.857 bits per heavy atom. The first-order valence-electron chi connectivity index (χ1n) is 7.31. The number of aryl methyl sites for hydroxylation is 1. The number of hydrogen-bond donors (Lipinski definition) is 0. The molecule has 2 aromatic carbocycles. The summed E-state index contributed by atoms with van der Waals surface area (Å²) in [7, 11) is 0. The van der Waals surface area contributed by atoms with Gasteiger partial charge >= 0.3 is 0 Å². The molecular weight excluding hydrogens is 256 g/mol. The number of para-hydroxylation sites is 1. The van der Waals surface area contributed by atoms with Gasteiger partial charge in [0.05, 0.1) is 11.0 Å². The topological polar surface area (TPSA) is 17.8 Å². The van der Waals surface area contributed by atoms with Gasteiger partial charge < -0.3 is 4.57 Å². The molecule has 0 N–H and O–H groups in total. The van der Waals surface area contributed by atoms with E-state index in [4.69, 9.17) is 0 Å². The lowest BCUT2D eigenvalue weighted by atomic mass is 10.1. The van der Waals surface area contributed by atoms with E-state index in [1.54, 1.807) is 0 Å². The Bertz CT molecular complexity index is 864. The van der Waals surface area contributed by atoms with Gasteiger partial charge in [-0.25, -0.2) is 0 Å². The fourth-order valence-electron chi connectivity index (χ4n) is 2.97. The molecule has 0 atom stereocenters. The number of fused-ring (bicyclic) bond motifs is 3. The van der Waals surface area contributed by atoms with E-state index in [1.165, 1.54) is 33.1 Å². The number of pyridine rings is 1. The van der Waals surface area contributed by atoms with Crippen LogP contribution < -0.4 is 0 Å². The first-order chi connectivity index (χ1) is 10.4. The quantitative estimate of drug-likeness (QED) is 0.515. The Morgan fingerprint density at radius 2 is 1.62 bits per heavy atom. The smallest absolute Gasteiger partial charge is 0.0571 e. The number of nitrogens with zero attached hydrogens (tertiary/aromatic N) is 2. The predicted octanol–water partition coefficient (Wildman–Crippen LogP) is 4.74. The molecule has 4 rings (SSSR count). The Kier molecular flexibility index (Phi) is 2.74. The van der Waals surface area contributed by atoms with E-state index in [-0.39, 0.29) is 0 Å². The van der Waals surface area contributed by atoms with Crippen LogP contribution in [0.3, 0.4) is 0 Å². The first-order valence-corrected chi connectivity index (χ1v) is 7.31. The summed E-state index contributed by atoms with van der Waals surface area (Å²) in [4.78, 5) is 4.28. The third kappa shape index (κ3) is 1.83. The maximum atomic E-state index is 4.28. The number of aromatic nitrogens is 2. The van der Waals surface area contributed by atoms with Crippen molar-refractivity contribution in [3.63, 3.8) is 0 Å². The lowest BCUT2D eigenvalue weighted by molar-refractivity contribution is 1.12. The molecule has 0 aliphatic carbocycles. The second-order valence-corrected chi connectivity index (χ2v) is 5.27. The molecule has 0 aliphatic rings. The van der Waals surface area contributed by atoms with Crippen LogP contribution in [0.15, 0.2) is 67.0 Å².